The Morgan fingerprint density at radius 1 is 1.44 bits per heavy atom. The molecule has 0 amide bonds. The van der Waals surface area contributed by atoms with Crippen LogP contribution in [-0.2, 0) is 9.53 Å². The van der Waals surface area contributed by atoms with Gasteiger partial charge in [-0.2, -0.15) is 0 Å². The molecule has 6 heteroatoms. The molecule has 1 rings (SSSR count). The number of ether oxygens (including phenoxy) is 2. The van der Waals surface area contributed by atoms with Crippen LogP contribution in [-0.4, -0.2) is 20.2 Å². The maximum atomic E-state index is 13.4. The summed E-state index contributed by atoms with van der Waals surface area (Å²) in [4.78, 5) is 11.1. The lowest BCUT2D eigenvalue weighted by Gasteiger charge is -2.11. The van der Waals surface area contributed by atoms with Gasteiger partial charge in [-0.3, -0.25) is 4.79 Å². The van der Waals surface area contributed by atoms with E-state index in [2.05, 4.69) is 4.74 Å². The van der Waals surface area contributed by atoms with Crippen LogP contribution in [0.2, 0.25) is 0 Å². The highest BCUT2D eigenvalue weighted by atomic mass is 35.5. The lowest BCUT2D eigenvalue weighted by Crippen LogP contribution is -2.23. The third-order valence-electron chi connectivity index (χ3n) is 2.00. The van der Waals surface area contributed by atoms with Gasteiger partial charge in [0.1, 0.15) is 17.6 Å². The summed E-state index contributed by atoms with van der Waals surface area (Å²) in [5.41, 5.74) is 5.57. The van der Waals surface area contributed by atoms with Gasteiger partial charge in [-0.25, -0.2) is 4.39 Å². The number of carbonyl (C=O) groups is 1. The zero-order chi connectivity index (χ0) is 11.4. The summed E-state index contributed by atoms with van der Waals surface area (Å²) >= 11 is 0. The number of esters is 1. The molecule has 0 aliphatic heterocycles. The summed E-state index contributed by atoms with van der Waals surface area (Å²) < 4.78 is 22.7. The Balaban J connectivity index is 0.00000225. The van der Waals surface area contributed by atoms with Crippen molar-refractivity contribution in [1.82, 2.24) is 0 Å². The number of hydrogen-bond acceptors (Lipinski definition) is 4. The summed E-state index contributed by atoms with van der Waals surface area (Å²) in [6.07, 6.45) is 0. The van der Waals surface area contributed by atoms with Crippen LogP contribution in [0, 0.1) is 5.82 Å². The third-order valence-corrected chi connectivity index (χ3v) is 2.00. The van der Waals surface area contributed by atoms with Crippen LogP contribution in [0.5, 0.6) is 5.75 Å². The van der Waals surface area contributed by atoms with E-state index in [-0.39, 0.29) is 18.0 Å². The van der Waals surface area contributed by atoms with E-state index in [0.717, 1.165) is 6.07 Å². The second-order valence-electron chi connectivity index (χ2n) is 2.89. The highest BCUT2D eigenvalue weighted by molar-refractivity contribution is 5.85. The van der Waals surface area contributed by atoms with Crippen molar-refractivity contribution in [3.63, 3.8) is 0 Å². The van der Waals surface area contributed by atoms with Crippen LogP contribution in [0.15, 0.2) is 18.2 Å². The van der Waals surface area contributed by atoms with Crippen molar-refractivity contribution in [3.05, 3.63) is 29.6 Å². The molecule has 0 bridgehead atoms. The topological polar surface area (TPSA) is 61.5 Å². The zero-order valence-corrected chi connectivity index (χ0v) is 9.71. The Bertz CT molecular complexity index is 373. The Kier molecular flexibility index (Phi) is 5.77. The Morgan fingerprint density at radius 3 is 2.50 bits per heavy atom. The van der Waals surface area contributed by atoms with Gasteiger partial charge in [-0.15, -0.1) is 12.4 Å². The van der Waals surface area contributed by atoms with E-state index in [9.17, 15) is 9.18 Å². The van der Waals surface area contributed by atoms with Crippen LogP contribution < -0.4 is 10.5 Å². The minimum atomic E-state index is -1.11. The van der Waals surface area contributed by atoms with E-state index in [1.54, 1.807) is 0 Å². The first-order valence-corrected chi connectivity index (χ1v) is 4.27. The van der Waals surface area contributed by atoms with Crippen LogP contribution >= 0.6 is 12.4 Å². The van der Waals surface area contributed by atoms with E-state index in [1.807, 2.05) is 0 Å². The molecule has 1 aromatic carbocycles. The van der Waals surface area contributed by atoms with E-state index < -0.39 is 17.8 Å². The number of carbonyl (C=O) groups excluding carboxylic acids is 1. The molecular formula is C10H13ClFNO3. The van der Waals surface area contributed by atoms with Crippen molar-refractivity contribution >= 4 is 18.4 Å². The highest BCUT2D eigenvalue weighted by Crippen LogP contribution is 2.21. The van der Waals surface area contributed by atoms with Gasteiger partial charge in [0.2, 0.25) is 0 Å². The highest BCUT2D eigenvalue weighted by Gasteiger charge is 2.20. The van der Waals surface area contributed by atoms with Gasteiger partial charge in [0.25, 0.3) is 0 Å². The number of rotatable bonds is 3. The molecule has 0 unspecified atom stereocenters. The number of methoxy groups -OCH3 is 2. The molecule has 0 saturated carbocycles. The fourth-order valence-electron chi connectivity index (χ4n) is 1.14. The average molecular weight is 250 g/mol. The van der Waals surface area contributed by atoms with Gasteiger partial charge < -0.3 is 15.2 Å². The van der Waals surface area contributed by atoms with Crippen molar-refractivity contribution in [2.24, 2.45) is 5.73 Å². The maximum absolute atomic E-state index is 13.4. The Morgan fingerprint density at radius 2 is 2.06 bits per heavy atom. The molecule has 90 valence electrons. The lowest BCUT2D eigenvalue weighted by atomic mass is 10.1. The summed E-state index contributed by atoms with van der Waals surface area (Å²) in [6, 6.07) is 2.98. The molecule has 0 heterocycles. The fraction of sp³-hybridized carbons (Fsp3) is 0.300. The number of nitrogens with two attached hydrogens (primary N) is 1. The van der Waals surface area contributed by atoms with Crippen molar-refractivity contribution < 1.29 is 18.7 Å². The molecule has 1 atom stereocenters. The summed E-state index contributed by atoms with van der Waals surface area (Å²) in [5.74, 6) is -0.903. The molecule has 0 aliphatic carbocycles. The van der Waals surface area contributed by atoms with Crippen molar-refractivity contribution in [3.8, 4) is 5.75 Å². The minimum absolute atomic E-state index is 0. The lowest BCUT2D eigenvalue weighted by molar-refractivity contribution is -0.142. The van der Waals surface area contributed by atoms with Crippen molar-refractivity contribution in [2.45, 2.75) is 6.04 Å². The van der Waals surface area contributed by atoms with Crippen molar-refractivity contribution in [1.29, 1.82) is 0 Å². The normalized spacial score (nSPS) is 11.2. The molecule has 4 nitrogen and oxygen atoms in total. The van der Waals surface area contributed by atoms with Gasteiger partial charge in [0.15, 0.2) is 0 Å². The predicted molar refractivity (Wildman–Crippen MR) is 59.1 cm³/mol. The number of halogens is 2. The van der Waals surface area contributed by atoms with Crippen LogP contribution in [0.4, 0.5) is 4.39 Å². The molecule has 0 fully saturated rings. The first-order chi connectivity index (χ1) is 7.10. The molecule has 0 saturated heterocycles. The second-order valence-corrected chi connectivity index (χ2v) is 2.89. The van der Waals surface area contributed by atoms with Crippen molar-refractivity contribution in [2.75, 3.05) is 14.2 Å². The summed E-state index contributed by atoms with van der Waals surface area (Å²) in [6.45, 7) is 0. The smallest absolute Gasteiger partial charge is 0.327 e. The van der Waals surface area contributed by atoms with Crippen LogP contribution in [0.25, 0.3) is 0 Å². The molecule has 0 aliphatic rings. The van der Waals surface area contributed by atoms with Gasteiger partial charge in [-0.05, 0) is 6.07 Å². The predicted octanol–water partition coefficient (Wildman–Crippen LogP) is 1.43. The van der Waals surface area contributed by atoms with E-state index in [0.29, 0.717) is 5.75 Å². The maximum Gasteiger partial charge on any atom is 0.327 e. The Labute approximate surface area is 98.9 Å². The van der Waals surface area contributed by atoms with Gasteiger partial charge in [0, 0.05) is 11.6 Å². The van der Waals surface area contributed by atoms with Gasteiger partial charge >= 0.3 is 5.97 Å². The van der Waals surface area contributed by atoms with Gasteiger partial charge in [-0.1, -0.05) is 6.07 Å². The van der Waals surface area contributed by atoms with E-state index in [4.69, 9.17) is 10.5 Å². The molecule has 0 radical (unpaired) electrons. The van der Waals surface area contributed by atoms with E-state index >= 15 is 0 Å². The molecule has 2 N–H and O–H groups in total. The first-order valence-electron chi connectivity index (χ1n) is 4.27. The standard InChI is InChI=1S/C10H12FNO3.ClH/c1-14-6-3-4-7(8(11)5-6)9(12)10(13)15-2;/h3-5,9H,12H2,1-2H3;1H/t9-;/m0./s1. The first kappa shape index (κ1) is 14.7. The fourth-order valence-corrected chi connectivity index (χ4v) is 1.14. The van der Waals surface area contributed by atoms with Gasteiger partial charge in [0.05, 0.1) is 14.2 Å². The molecule has 0 spiro atoms. The largest absolute Gasteiger partial charge is 0.497 e. The minimum Gasteiger partial charge on any atom is -0.497 e. The third kappa shape index (κ3) is 3.08. The summed E-state index contributed by atoms with van der Waals surface area (Å²) in [7, 11) is 2.62. The average Bonchev–Trinajstić information content (AvgIpc) is 2.26. The second kappa shape index (κ2) is 6.30. The number of benzene rings is 1. The number of hydrogen-bond donors (Lipinski definition) is 1. The molecule has 0 aromatic heterocycles. The Hall–Kier alpha value is -1.33. The molecule has 16 heavy (non-hydrogen) atoms. The molecular weight excluding hydrogens is 237 g/mol. The van der Waals surface area contributed by atoms with E-state index in [1.165, 1.54) is 26.4 Å². The van der Waals surface area contributed by atoms with Crippen LogP contribution in [0.1, 0.15) is 11.6 Å². The molecule has 1 aromatic rings. The summed E-state index contributed by atoms with van der Waals surface area (Å²) in [5, 5.41) is 0. The SMILES string of the molecule is COC(=O)[C@@H](N)c1ccc(OC)cc1F.Cl. The monoisotopic (exact) mass is 249 g/mol. The van der Waals surface area contributed by atoms with Crippen LogP contribution in [0.3, 0.4) is 0 Å². The zero-order valence-electron chi connectivity index (χ0n) is 8.90. The quantitative estimate of drug-likeness (QED) is 0.824.